The van der Waals surface area contributed by atoms with Crippen LogP contribution in [0.1, 0.15) is 41.7 Å². The van der Waals surface area contributed by atoms with Crippen LogP contribution in [-0.4, -0.2) is 11.6 Å². The molecule has 3 heteroatoms. The predicted octanol–water partition coefficient (Wildman–Crippen LogP) is 4.02. The number of rotatable bonds is 1. The molecule has 4 rings (SSSR count). The molecule has 2 aromatic rings. The summed E-state index contributed by atoms with van der Waals surface area (Å²) in [5.41, 5.74) is 5.14. The van der Waals surface area contributed by atoms with Crippen LogP contribution in [0, 0.1) is 12.8 Å². The summed E-state index contributed by atoms with van der Waals surface area (Å²) in [6, 6.07) is 11.2. The van der Waals surface area contributed by atoms with Crippen LogP contribution in [0.2, 0.25) is 0 Å². The molecule has 0 saturated carbocycles. The molecule has 0 amide bonds. The molecule has 0 bridgehead atoms. The second-order valence-electron chi connectivity index (χ2n) is 6.09. The molecule has 1 fully saturated rings. The Hall–Kier alpha value is -1.87. The Morgan fingerprint density at radius 2 is 2.05 bits per heavy atom. The van der Waals surface area contributed by atoms with Gasteiger partial charge in [-0.1, -0.05) is 17.7 Å². The molecule has 3 nitrogen and oxygen atoms in total. The van der Waals surface area contributed by atoms with Crippen LogP contribution in [0.15, 0.2) is 42.7 Å². The normalized spacial score (nSPS) is 27.4. The van der Waals surface area contributed by atoms with E-state index in [1.165, 1.54) is 28.8 Å². The van der Waals surface area contributed by atoms with Gasteiger partial charge in [0, 0.05) is 36.2 Å². The molecule has 1 N–H and O–H groups in total. The van der Waals surface area contributed by atoms with Gasteiger partial charge < -0.3 is 10.1 Å². The van der Waals surface area contributed by atoms with Crippen molar-refractivity contribution in [2.24, 2.45) is 5.92 Å². The summed E-state index contributed by atoms with van der Waals surface area (Å²) in [6.07, 6.45) is 6.32. The third-order valence-electron chi connectivity index (χ3n) is 4.69. The largest absolute Gasteiger partial charge is 0.378 e. The Labute approximate surface area is 125 Å². The van der Waals surface area contributed by atoms with E-state index in [0.29, 0.717) is 12.0 Å². The molecule has 1 aromatic carbocycles. The molecule has 3 atom stereocenters. The second-order valence-corrected chi connectivity index (χ2v) is 6.09. The van der Waals surface area contributed by atoms with Gasteiger partial charge in [-0.3, -0.25) is 4.98 Å². The number of nitrogens with one attached hydrogen (secondary N) is 1. The molecule has 1 aromatic heterocycles. The highest BCUT2D eigenvalue weighted by Gasteiger charge is 2.39. The fourth-order valence-electron chi connectivity index (χ4n) is 3.69. The molecular weight excluding hydrogens is 260 g/mol. The van der Waals surface area contributed by atoms with Gasteiger partial charge in [0.05, 0.1) is 12.1 Å². The molecule has 21 heavy (non-hydrogen) atoms. The van der Waals surface area contributed by atoms with Crippen molar-refractivity contribution in [1.82, 2.24) is 4.98 Å². The summed E-state index contributed by atoms with van der Waals surface area (Å²) >= 11 is 0. The minimum absolute atomic E-state index is 0.216. The van der Waals surface area contributed by atoms with Crippen LogP contribution < -0.4 is 5.32 Å². The van der Waals surface area contributed by atoms with Crippen molar-refractivity contribution in [1.29, 1.82) is 0 Å². The van der Waals surface area contributed by atoms with Gasteiger partial charge in [-0.25, -0.2) is 0 Å². The Morgan fingerprint density at radius 1 is 1.19 bits per heavy atom. The number of aryl methyl sites for hydroxylation is 1. The Kier molecular flexibility index (Phi) is 3.15. The van der Waals surface area contributed by atoms with Crippen molar-refractivity contribution in [3.63, 3.8) is 0 Å². The quantitative estimate of drug-likeness (QED) is 0.856. The number of hydrogen-bond donors (Lipinski definition) is 1. The molecule has 0 aliphatic carbocycles. The first-order chi connectivity index (χ1) is 10.3. The van der Waals surface area contributed by atoms with E-state index in [0.717, 1.165) is 13.0 Å². The summed E-state index contributed by atoms with van der Waals surface area (Å²) in [5, 5.41) is 3.73. The first-order valence-corrected chi connectivity index (χ1v) is 7.71. The highest BCUT2D eigenvalue weighted by Crippen LogP contribution is 2.49. The van der Waals surface area contributed by atoms with E-state index in [-0.39, 0.29) is 6.10 Å². The van der Waals surface area contributed by atoms with Crippen molar-refractivity contribution in [2.75, 3.05) is 11.9 Å². The van der Waals surface area contributed by atoms with E-state index in [1.54, 1.807) is 0 Å². The van der Waals surface area contributed by atoms with E-state index >= 15 is 0 Å². The Balaban J connectivity index is 1.79. The Morgan fingerprint density at radius 3 is 2.90 bits per heavy atom. The van der Waals surface area contributed by atoms with E-state index in [2.05, 4.69) is 47.6 Å². The summed E-state index contributed by atoms with van der Waals surface area (Å²) in [4.78, 5) is 4.14. The van der Waals surface area contributed by atoms with E-state index in [1.807, 2.05) is 12.4 Å². The minimum Gasteiger partial charge on any atom is -0.378 e. The summed E-state index contributed by atoms with van der Waals surface area (Å²) in [5.74, 6) is 0.496. The molecular formula is C18H20N2O. The van der Waals surface area contributed by atoms with Crippen molar-refractivity contribution < 1.29 is 4.74 Å². The van der Waals surface area contributed by atoms with Crippen molar-refractivity contribution >= 4 is 5.69 Å². The molecule has 108 valence electrons. The monoisotopic (exact) mass is 280 g/mol. The number of nitrogens with zero attached hydrogens (tertiary/aromatic N) is 1. The Bertz CT molecular complexity index is 641. The zero-order valence-corrected chi connectivity index (χ0v) is 12.3. The van der Waals surface area contributed by atoms with Gasteiger partial charge >= 0.3 is 0 Å². The van der Waals surface area contributed by atoms with Crippen LogP contribution in [0.25, 0.3) is 0 Å². The van der Waals surface area contributed by atoms with Crippen LogP contribution in [0.4, 0.5) is 5.69 Å². The van der Waals surface area contributed by atoms with Crippen LogP contribution >= 0.6 is 0 Å². The molecule has 0 unspecified atom stereocenters. The maximum atomic E-state index is 6.16. The summed E-state index contributed by atoms with van der Waals surface area (Å²) in [6.45, 7) is 3.02. The van der Waals surface area contributed by atoms with E-state index < -0.39 is 0 Å². The third kappa shape index (κ3) is 2.22. The van der Waals surface area contributed by atoms with E-state index in [4.69, 9.17) is 4.74 Å². The highest BCUT2D eigenvalue weighted by atomic mass is 16.5. The smallest absolute Gasteiger partial charge is 0.0895 e. The number of aromatic nitrogens is 1. The molecule has 0 spiro atoms. The predicted molar refractivity (Wildman–Crippen MR) is 83.2 cm³/mol. The number of fused-ring (bicyclic) bond motifs is 3. The second kappa shape index (κ2) is 5.15. The minimum atomic E-state index is 0.216. The fraction of sp³-hybridized carbons (Fsp3) is 0.389. The lowest BCUT2D eigenvalue weighted by Gasteiger charge is -2.43. The zero-order chi connectivity index (χ0) is 14.2. The molecule has 0 radical (unpaired) electrons. The fourth-order valence-corrected chi connectivity index (χ4v) is 3.69. The van der Waals surface area contributed by atoms with Gasteiger partial charge in [-0.05, 0) is 43.5 Å². The van der Waals surface area contributed by atoms with Gasteiger partial charge in [0.1, 0.15) is 0 Å². The molecule has 2 aliphatic heterocycles. The van der Waals surface area contributed by atoms with Crippen LogP contribution in [0.3, 0.4) is 0 Å². The maximum absolute atomic E-state index is 6.16. The van der Waals surface area contributed by atoms with Gasteiger partial charge in [-0.2, -0.15) is 0 Å². The molecule has 1 saturated heterocycles. The molecule has 2 aliphatic rings. The SMILES string of the molecule is Cc1ccc2c(c1)[C@H]1OCCC[C@H]1[C@@H](c1ccncc1)N2. The first-order valence-electron chi connectivity index (χ1n) is 7.71. The van der Waals surface area contributed by atoms with Gasteiger partial charge in [-0.15, -0.1) is 0 Å². The lowest BCUT2D eigenvalue weighted by atomic mass is 9.77. The maximum Gasteiger partial charge on any atom is 0.0895 e. The number of benzene rings is 1. The first kappa shape index (κ1) is 12.8. The van der Waals surface area contributed by atoms with Gasteiger partial charge in [0.25, 0.3) is 0 Å². The summed E-state index contributed by atoms with van der Waals surface area (Å²) in [7, 11) is 0. The average Bonchev–Trinajstić information content (AvgIpc) is 2.55. The van der Waals surface area contributed by atoms with Crippen LogP contribution in [0.5, 0.6) is 0 Å². The van der Waals surface area contributed by atoms with Crippen molar-refractivity contribution in [3.05, 3.63) is 59.4 Å². The highest BCUT2D eigenvalue weighted by molar-refractivity contribution is 5.58. The molecule has 3 heterocycles. The summed E-state index contributed by atoms with van der Waals surface area (Å²) < 4.78 is 6.16. The lowest BCUT2D eigenvalue weighted by Crippen LogP contribution is -2.36. The van der Waals surface area contributed by atoms with Gasteiger partial charge in [0.2, 0.25) is 0 Å². The third-order valence-corrected chi connectivity index (χ3v) is 4.69. The standard InChI is InChI=1S/C18H20N2O/c1-12-4-5-16-15(11-12)18-14(3-2-10-21-18)17(20-16)13-6-8-19-9-7-13/h4-9,11,14,17-18,20H,2-3,10H2,1H3/t14-,17+,18-/m0/s1. The van der Waals surface area contributed by atoms with Crippen LogP contribution in [-0.2, 0) is 4.74 Å². The van der Waals surface area contributed by atoms with E-state index in [9.17, 15) is 0 Å². The topological polar surface area (TPSA) is 34.1 Å². The number of pyridine rings is 1. The number of anilines is 1. The van der Waals surface area contributed by atoms with Crippen molar-refractivity contribution in [3.8, 4) is 0 Å². The number of hydrogen-bond acceptors (Lipinski definition) is 3. The lowest BCUT2D eigenvalue weighted by molar-refractivity contribution is -0.0381. The van der Waals surface area contributed by atoms with Crippen molar-refractivity contribution in [2.45, 2.75) is 31.9 Å². The number of ether oxygens (including phenoxy) is 1. The van der Waals surface area contributed by atoms with Gasteiger partial charge in [0.15, 0.2) is 0 Å². The average molecular weight is 280 g/mol. The zero-order valence-electron chi connectivity index (χ0n) is 12.3.